The van der Waals surface area contributed by atoms with E-state index in [9.17, 15) is 19.2 Å². The molecule has 1 heterocycles. The molecule has 11 heteroatoms. The van der Waals surface area contributed by atoms with E-state index in [0.717, 1.165) is 10.8 Å². The molecule has 11 nitrogen and oxygen atoms in total. The number of nitrogens with zero attached hydrogens (tertiary/aromatic N) is 2. The minimum Gasteiger partial charge on any atom is -0.444 e. The van der Waals surface area contributed by atoms with Gasteiger partial charge in [0, 0.05) is 13.1 Å². The summed E-state index contributed by atoms with van der Waals surface area (Å²) in [6.45, 7) is 5.89. The lowest BCUT2D eigenvalue weighted by atomic mass is 9.97. The number of hydrogen-bond donors (Lipinski definition) is 4. The Morgan fingerprint density at radius 3 is 2.54 bits per heavy atom. The van der Waals surface area contributed by atoms with Crippen molar-refractivity contribution in [2.45, 2.75) is 70.2 Å². The predicted molar refractivity (Wildman–Crippen MR) is 149 cm³/mol. The molecule has 0 aliphatic carbocycles. The van der Waals surface area contributed by atoms with Gasteiger partial charge in [-0.15, -0.1) is 0 Å². The van der Waals surface area contributed by atoms with Crippen LogP contribution in [0.3, 0.4) is 0 Å². The Morgan fingerprint density at radius 1 is 1.13 bits per heavy atom. The summed E-state index contributed by atoms with van der Waals surface area (Å²) in [6.07, 6.45) is 1.82. The lowest BCUT2D eigenvalue weighted by Crippen LogP contribution is -2.52. The minimum atomic E-state index is -1.08. The van der Waals surface area contributed by atoms with Crippen molar-refractivity contribution in [3.8, 4) is 0 Å². The van der Waals surface area contributed by atoms with E-state index in [1.165, 1.54) is 4.90 Å². The van der Waals surface area contributed by atoms with Gasteiger partial charge < -0.3 is 36.5 Å². The molecule has 210 valence electrons. The fourth-order valence-corrected chi connectivity index (χ4v) is 4.64. The van der Waals surface area contributed by atoms with E-state index in [-0.39, 0.29) is 5.96 Å². The quantitative estimate of drug-likeness (QED) is 0.155. The summed E-state index contributed by atoms with van der Waals surface area (Å²) in [5.74, 6) is -0.887. The zero-order chi connectivity index (χ0) is 28.6. The summed E-state index contributed by atoms with van der Waals surface area (Å²) in [4.78, 5) is 57.0. The Hall–Kier alpha value is -4.15. The molecule has 3 atom stereocenters. The molecule has 0 radical (unpaired) electrons. The van der Waals surface area contributed by atoms with Gasteiger partial charge in [-0.1, -0.05) is 42.5 Å². The third-order valence-corrected chi connectivity index (χ3v) is 6.34. The molecule has 1 unspecified atom stereocenters. The van der Waals surface area contributed by atoms with E-state index in [2.05, 4.69) is 15.6 Å². The monoisotopic (exact) mass is 538 g/mol. The Bertz CT molecular complexity index is 1220. The van der Waals surface area contributed by atoms with Crippen LogP contribution in [0.2, 0.25) is 0 Å². The number of fused-ring (bicyclic) bond motifs is 1. The van der Waals surface area contributed by atoms with Crippen molar-refractivity contribution >= 4 is 40.9 Å². The predicted octanol–water partition coefficient (Wildman–Crippen LogP) is 2.13. The number of hydrogen-bond acceptors (Lipinski definition) is 6. The van der Waals surface area contributed by atoms with Crippen LogP contribution >= 0.6 is 0 Å². The van der Waals surface area contributed by atoms with Gasteiger partial charge in [0.2, 0.25) is 5.91 Å². The number of nitrogens with two attached hydrogens (primary N) is 2. The number of aldehydes is 1. The van der Waals surface area contributed by atoms with Crippen LogP contribution in [0.25, 0.3) is 10.8 Å². The third-order valence-electron chi connectivity index (χ3n) is 6.34. The first-order valence-electron chi connectivity index (χ1n) is 13.1. The highest BCUT2D eigenvalue weighted by Gasteiger charge is 2.39. The molecule has 3 rings (SSSR count). The van der Waals surface area contributed by atoms with E-state index >= 15 is 0 Å². The van der Waals surface area contributed by atoms with Crippen LogP contribution in [-0.4, -0.2) is 65.8 Å². The number of nitrogens with one attached hydrogen (secondary N) is 2. The molecule has 1 fully saturated rings. The standard InChI is InChI=1S/C28H38N6O5/c1-28(2,3)39-27(38)33-23(21-13-6-10-18-9-4-5-12-20(18)21)25(37)34-16-8-14-22(34)24(36)32-19(17-35)11-7-15-31-26(29)30/h4-6,9-10,12-13,17,19,22-23H,7-8,11,14-16H2,1-3H3,(H,32,36)(H,33,38)(H4,29,30,31)/t19-,22-,23?/m0/s1. The van der Waals surface area contributed by atoms with Crippen LogP contribution in [0.4, 0.5) is 4.79 Å². The molecule has 2 aromatic rings. The van der Waals surface area contributed by atoms with E-state index in [1.807, 2.05) is 36.4 Å². The first-order chi connectivity index (χ1) is 18.5. The number of alkyl carbamates (subject to hydrolysis) is 1. The van der Waals surface area contributed by atoms with Crippen LogP contribution in [-0.2, 0) is 19.1 Å². The summed E-state index contributed by atoms with van der Waals surface area (Å²) in [7, 11) is 0. The molecule has 1 aliphatic rings. The maximum absolute atomic E-state index is 14.0. The van der Waals surface area contributed by atoms with Gasteiger partial charge in [0.05, 0.1) is 6.04 Å². The number of likely N-dealkylation sites (tertiary alicyclic amines) is 1. The largest absolute Gasteiger partial charge is 0.444 e. The fourth-order valence-electron chi connectivity index (χ4n) is 4.64. The molecule has 0 bridgehead atoms. The van der Waals surface area contributed by atoms with Crippen molar-refractivity contribution in [3.63, 3.8) is 0 Å². The maximum atomic E-state index is 14.0. The van der Waals surface area contributed by atoms with Gasteiger partial charge >= 0.3 is 6.09 Å². The van der Waals surface area contributed by atoms with Crippen molar-refractivity contribution in [2.75, 3.05) is 13.1 Å². The Balaban J connectivity index is 1.83. The van der Waals surface area contributed by atoms with Crippen LogP contribution in [0.5, 0.6) is 0 Å². The van der Waals surface area contributed by atoms with E-state index in [4.69, 9.17) is 16.2 Å². The number of ether oxygens (including phenoxy) is 1. The second-order valence-electron chi connectivity index (χ2n) is 10.5. The molecule has 3 amide bonds. The number of benzene rings is 2. The van der Waals surface area contributed by atoms with Gasteiger partial charge in [-0.05, 0) is 62.8 Å². The van der Waals surface area contributed by atoms with Gasteiger partial charge in [-0.25, -0.2) is 4.79 Å². The van der Waals surface area contributed by atoms with Gasteiger partial charge in [-0.2, -0.15) is 0 Å². The SMILES string of the molecule is CC(C)(C)OC(=O)NC(C(=O)N1CCC[C@H]1C(=O)N[C@H](C=O)CCCN=C(N)N)c1cccc2ccccc12. The number of carbonyl (C=O) groups excluding carboxylic acids is 4. The summed E-state index contributed by atoms with van der Waals surface area (Å²) in [5.41, 5.74) is 10.5. The number of aliphatic imine (C=N–C) groups is 1. The van der Waals surface area contributed by atoms with E-state index in [0.29, 0.717) is 50.6 Å². The van der Waals surface area contributed by atoms with Crippen molar-refractivity contribution in [2.24, 2.45) is 16.5 Å². The highest BCUT2D eigenvalue weighted by Crippen LogP contribution is 2.29. The van der Waals surface area contributed by atoms with Crippen molar-refractivity contribution in [1.82, 2.24) is 15.5 Å². The second-order valence-corrected chi connectivity index (χ2v) is 10.5. The highest BCUT2D eigenvalue weighted by molar-refractivity contribution is 5.97. The van der Waals surface area contributed by atoms with E-state index in [1.54, 1.807) is 26.8 Å². The molecule has 0 aromatic heterocycles. The normalized spacial score (nSPS) is 16.7. The maximum Gasteiger partial charge on any atom is 0.408 e. The zero-order valence-electron chi connectivity index (χ0n) is 22.7. The van der Waals surface area contributed by atoms with Crippen molar-refractivity contribution in [1.29, 1.82) is 0 Å². The van der Waals surface area contributed by atoms with E-state index < -0.39 is 41.6 Å². The molecular weight excluding hydrogens is 500 g/mol. The zero-order valence-corrected chi connectivity index (χ0v) is 22.7. The first-order valence-corrected chi connectivity index (χ1v) is 13.1. The average Bonchev–Trinajstić information content (AvgIpc) is 3.37. The molecule has 6 N–H and O–H groups in total. The molecule has 1 saturated heterocycles. The summed E-state index contributed by atoms with van der Waals surface area (Å²) in [5, 5.41) is 7.19. The lowest BCUT2D eigenvalue weighted by Gasteiger charge is -2.30. The highest BCUT2D eigenvalue weighted by atomic mass is 16.6. The number of guanidine groups is 1. The Morgan fingerprint density at radius 2 is 1.85 bits per heavy atom. The average molecular weight is 539 g/mol. The van der Waals surface area contributed by atoms with Crippen LogP contribution in [0.1, 0.15) is 58.1 Å². The Labute approximate surface area is 228 Å². The van der Waals surface area contributed by atoms with Crippen molar-refractivity contribution < 1.29 is 23.9 Å². The molecule has 1 aliphatic heterocycles. The number of amides is 3. The lowest BCUT2D eigenvalue weighted by molar-refractivity contribution is -0.140. The van der Waals surface area contributed by atoms with Crippen molar-refractivity contribution in [3.05, 3.63) is 48.0 Å². The van der Waals surface area contributed by atoms with Gasteiger partial charge in [0.1, 0.15) is 24.0 Å². The van der Waals surface area contributed by atoms with Crippen LogP contribution in [0, 0.1) is 0 Å². The van der Waals surface area contributed by atoms with Gasteiger partial charge in [-0.3, -0.25) is 14.6 Å². The van der Waals surface area contributed by atoms with Gasteiger partial charge in [0.15, 0.2) is 5.96 Å². The van der Waals surface area contributed by atoms with Crippen LogP contribution in [0.15, 0.2) is 47.5 Å². The summed E-state index contributed by atoms with van der Waals surface area (Å²) in [6, 6.07) is 10.5. The molecule has 0 spiro atoms. The van der Waals surface area contributed by atoms with Gasteiger partial charge in [0.25, 0.3) is 5.91 Å². The smallest absolute Gasteiger partial charge is 0.408 e. The minimum absolute atomic E-state index is 0.0393. The molecule has 39 heavy (non-hydrogen) atoms. The third kappa shape index (κ3) is 8.17. The molecule has 2 aromatic carbocycles. The molecule has 0 saturated carbocycles. The second kappa shape index (κ2) is 13.1. The topological polar surface area (TPSA) is 169 Å². The van der Waals surface area contributed by atoms with Crippen LogP contribution < -0.4 is 22.1 Å². The fraction of sp³-hybridized carbons (Fsp3) is 0.464. The molecular formula is C28H38N6O5. The summed E-state index contributed by atoms with van der Waals surface area (Å²) < 4.78 is 5.45. The Kier molecular flexibility index (Phi) is 9.86. The first kappa shape index (κ1) is 29.4. The number of rotatable bonds is 10. The number of carbonyl (C=O) groups is 4. The summed E-state index contributed by atoms with van der Waals surface area (Å²) >= 11 is 0.